The van der Waals surface area contributed by atoms with Crippen LogP contribution in [0.1, 0.15) is 33.1 Å². The lowest BCUT2D eigenvalue weighted by Gasteiger charge is -2.22. The summed E-state index contributed by atoms with van der Waals surface area (Å²) in [6.45, 7) is 5.99. The van der Waals surface area contributed by atoms with Gasteiger partial charge in [0, 0.05) is 20.3 Å². The zero-order valence-electron chi connectivity index (χ0n) is 11.6. The van der Waals surface area contributed by atoms with Gasteiger partial charge in [0.05, 0.1) is 19.3 Å². The first-order valence-electron chi connectivity index (χ1n) is 6.43. The first-order chi connectivity index (χ1) is 8.66. The van der Waals surface area contributed by atoms with Crippen molar-refractivity contribution in [2.75, 3.05) is 33.5 Å². The Kier molecular flexibility index (Phi) is 9.25. The summed E-state index contributed by atoms with van der Waals surface area (Å²) < 4.78 is 10.1. The molecule has 0 unspecified atom stereocenters. The number of methoxy groups -OCH3 is 1. The third-order valence-electron chi connectivity index (χ3n) is 3.04. The number of nitrogens with zero attached hydrogens (tertiary/aromatic N) is 1. The van der Waals surface area contributed by atoms with Gasteiger partial charge in [-0.3, -0.25) is 4.79 Å². The highest BCUT2D eigenvalue weighted by molar-refractivity contribution is 5.85. The molecular formula is C13H24N2O3. The van der Waals surface area contributed by atoms with Crippen molar-refractivity contribution in [3.8, 4) is 6.07 Å². The average Bonchev–Trinajstić information content (AvgIpc) is 2.40. The zero-order chi connectivity index (χ0) is 13.9. The first kappa shape index (κ1) is 16.9. The molecule has 1 amide bonds. The standard InChI is InChI=1S/C13H24N2O3/c1-4-13(5-2,11-14)12(16)15-7-6-8-18-10-9-17-3/h4-10H2,1-3H3,(H,15,16). The predicted octanol–water partition coefficient (Wildman–Crippen LogP) is 1.49. The number of carbonyl (C=O) groups excluding carboxylic acids is 1. The highest BCUT2D eigenvalue weighted by Crippen LogP contribution is 2.25. The van der Waals surface area contributed by atoms with E-state index in [4.69, 9.17) is 14.7 Å². The molecule has 5 heteroatoms. The van der Waals surface area contributed by atoms with Crippen molar-refractivity contribution in [3.05, 3.63) is 0 Å². The summed E-state index contributed by atoms with van der Waals surface area (Å²) in [5, 5.41) is 11.9. The third-order valence-corrected chi connectivity index (χ3v) is 3.04. The molecule has 0 aliphatic rings. The normalized spacial score (nSPS) is 11.0. The van der Waals surface area contributed by atoms with E-state index in [0.29, 0.717) is 39.2 Å². The SMILES string of the molecule is CCC(C#N)(CC)C(=O)NCCCOCCOC. The number of amides is 1. The van der Waals surface area contributed by atoms with Crippen LogP contribution in [-0.4, -0.2) is 39.4 Å². The number of hydrogen-bond acceptors (Lipinski definition) is 4. The molecule has 0 radical (unpaired) electrons. The van der Waals surface area contributed by atoms with E-state index in [-0.39, 0.29) is 5.91 Å². The highest BCUT2D eigenvalue weighted by Gasteiger charge is 2.34. The number of hydrogen-bond donors (Lipinski definition) is 1. The number of nitrogens with one attached hydrogen (secondary N) is 1. The number of ether oxygens (including phenoxy) is 2. The molecule has 0 aromatic carbocycles. The molecule has 0 saturated carbocycles. The molecule has 0 saturated heterocycles. The van der Waals surface area contributed by atoms with E-state index in [1.165, 1.54) is 0 Å². The van der Waals surface area contributed by atoms with Crippen LogP contribution in [-0.2, 0) is 14.3 Å². The van der Waals surface area contributed by atoms with Crippen LogP contribution in [0.2, 0.25) is 0 Å². The maximum Gasteiger partial charge on any atom is 0.240 e. The Labute approximate surface area is 109 Å². The van der Waals surface area contributed by atoms with E-state index in [1.807, 2.05) is 13.8 Å². The van der Waals surface area contributed by atoms with E-state index in [1.54, 1.807) is 7.11 Å². The van der Waals surface area contributed by atoms with Gasteiger partial charge in [0.2, 0.25) is 5.91 Å². The molecule has 0 aliphatic heterocycles. The average molecular weight is 256 g/mol. The second-order valence-corrected chi connectivity index (χ2v) is 4.12. The Morgan fingerprint density at radius 1 is 1.28 bits per heavy atom. The molecule has 0 aromatic heterocycles. The third kappa shape index (κ3) is 5.48. The minimum absolute atomic E-state index is 0.174. The smallest absolute Gasteiger partial charge is 0.240 e. The van der Waals surface area contributed by atoms with Crippen molar-refractivity contribution in [3.63, 3.8) is 0 Å². The molecule has 1 N–H and O–H groups in total. The lowest BCUT2D eigenvalue weighted by Crippen LogP contribution is -2.40. The Balaban J connectivity index is 3.80. The molecule has 0 aliphatic carbocycles. The molecular weight excluding hydrogens is 232 g/mol. The van der Waals surface area contributed by atoms with Crippen LogP contribution >= 0.6 is 0 Å². The summed E-state index contributed by atoms with van der Waals surface area (Å²) in [4.78, 5) is 11.9. The van der Waals surface area contributed by atoms with Gasteiger partial charge >= 0.3 is 0 Å². The fraction of sp³-hybridized carbons (Fsp3) is 0.846. The topological polar surface area (TPSA) is 71.4 Å². The molecule has 5 nitrogen and oxygen atoms in total. The van der Waals surface area contributed by atoms with Gasteiger partial charge in [-0.05, 0) is 19.3 Å². The number of nitriles is 1. The maximum atomic E-state index is 11.9. The fourth-order valence-electron chi connectivity index (χ4n) is 1.57. The van der Waals surface area contributed by atoms with Gasteiger partial charge in [-0.25, -0.2) is 0 Å². The molecule has 0 rings (SSSR count). The largest absolute Gasteiger partial charge is 0.382 e. The van der Waals surface area contributed by atoms with Gasteiger partial charge in [0.1, 0.15) is 5.41 Å². The summed E-state index contributed by atoms with van der Waals surface area (Å²) in [7, 11) is 1.63. The van der Waals surface area contributed by atoms with Gasteiger partial charge in [0.25, 0.3) is 0 Å². The van der Waals surface area contributed by atoms with Crippen molar-refractivity contribution in [2.24, 2.45) is 5.41 Å². The van der Waals surface area contributed by atoms with Crippen LogP contribution in [0.4, 0.5) is 0 Å². The van der Waals surface area contributed by atoms with Gasteiger partial charge in [0.15, 0.2) is 0 Å². The maximum absolute atomic E-state index is 11.9. The molecule has 0 fully saturated rings. The van der Waals surface area contributed by atoms with Gasteiger partial charge in [-0.2, -0.15) is 5.26 Å². The van der Waals surface area contributed by atoms with E-state index in [9.17, 15) is 4.79 Å². The summed E-state index contributed by atoms with van der Waals surface area (Å²) in [5.41, 5.74) is -0.878. The van der Waals surface area contributed by atoms with Crippen molar-refractivity contribution in [2.45, 2.75) is 33.1 Å². The Morgan fingerprint density at radius 3 is 2.44 bits per heavy atom. The quantitative estimate of drug-likeness (QED) is 0.601. The van der Waals surface area contributed by atoms with Crippen molar-refractivity contribution >= 4 is 5.91 Å². The van der Waals surface area contributed by atoms with E-state index in [0.717, 1.165) is 6.42 Å². The van der Waals surface area contributed by atoms with Crippen LogP contribution in [0.25, 0.3) is 0 Å². The van der Waals surface area contributed by atoms with Crippen molar-refractivity contribution in [1.82, 2.24) is 5.32 Å². The zero-order valence-corrected chi connectivity index (χ0v) is 11.6. The van der Waals surface area contributed by atoms with Gasteiger partial charge in [-0.15, -0.1) is 0 Å². The van der Waals surface area contributed by atoms with Gasteiger partial charge < -0.3 is 14.8 Å². The van der Waals surface area contributed by atoms with Crippen molar-refractivity contribution < 1.29 is 14.3 Å². The molecule has 0 spiro atoms. The molecule has 0 bridgehead atoms. The summed E-state index contributed by atoms with van der Waals surface area (Å²) in [6.07, 6.45) is 1.82. The minimum Gasteiger partial charge on any atom is -0.382 e. The monoisotopic (exact) mass is 256 g/mol. The lowest BCUT2D eigenvalue weighted by atomic mass is 9.83. The second kappa shape index (κ2) is 9.86. The van der Waals surface area contributed by atoms with E-state index >= 15 is 0 Å². The number of carbonyl (C=O) groups is 1. The summed E-state index contributed by atoms with van der Waals surface area (Å²) >= 11 is 0. The lowest BCUT2D eigenvalue weighted by molar-refractivity contribution is -0.128. The van der Waals surface area contributed by atoms with Gasteiger partial charge in [-0.1, -0.05) is 13.8 Å². The van der Waals surface area contributed by atoms with E-state index < -0.39 is 5.41 Å². The van der Waals surface area contributed by atoms with Crippen LogP contribution in [0, 0.1) is 16.7 Å². The first-order valence-corrected chi connectivity index (χ1v) is 6.43. The Hall–Kier alpha value is -1.12. The van der Waals surface area contributed by atoms with Crippen LogP contribution in [0.15, 0.2) is 0 Å². The highest BCUT2D eigenvalue weighted by atomic mass is 16.5. The van der Waals surface area contributed by atoms with Crippen molar-refractivity contribution in [1.29, 1.82) is 5.26 Å². The summed E-state index contributed by atoms with van der Waals surface area (Å²) in [6, 6.07) is 2.12. The second-order valence-electron chi connectivity index (χ2n) is 4.12. The van der Waals surface area contributed by atoms with Crippen LogP contribution in [0.5, 0.6) is 0 Å². The Bertz CT molecular complexity index is 270. The predicted molar refractivity (Wildman–Crippen MR) is 68.9 cm³/mol. The molecule has 0 aromatic rings. The fourth-order valence-corrected chi connectivity index (χ4v) is 1.57. The number of rotatable bonds is 10. The summed E-state index contributed by atoms with van der Waals surface area (Å²) in [5.74, 6) is -0.174. The van der Waals surface area contributed by atoms with Crippen LogP contribution in [0.3, 0.4) is 0 Å². The molecule has 104 valence electrons. The molecule has 0 heterocycles. The minimum atomic E-state index is -0.878. The van der Waals surface area contributed by atoms with E-state index in [2.05, 4.69) is 11.4 Å². The molecule has 18 heavy (non-hydrogen) atoms. The van der Waals surface area contributed by atoms with Crippen LogP contribution < -0.4 is 5.32 Å². The molecule has 0 atom stereocenters. The Morgan fingerprint density at radius 2 is 1.94 bits per heavy atom.